The minimum Gasteiger partial charge on any atom is -0.359 e. The molecular weight excluding hydrogens is 387 g/mol. The van der Waals surface area contributed by atoms with Gasteiger partial charge in [0.25, 0.3) is 0 Å². The zero-order valence-electron chi connectivity index (χ0n) is 12.3. The Bertz CT molecular complexity index is 432. The third kappa shape index (κ3) is 6.08. The number of aliphatic imine (C=N–C) groups is 1. The largest absolute Gasteiger partial charge is 0.359 e. The third-order valence-corrected chi connectivity index (χ3v) is 3.65. The van der Waals surface area contributed by atoms with Gasteiger partial charge in [0.15, 0.2) is 5.96 Å². The molecule has 0 fully saturated rings. The molecule has 3 N–H and O–H groups in total. The molecule has 1 amide bonds. The van der Waals surface area contributed by atoms with Crippen molar-refractivity contribution >= 4 is 47.2 Å². The maximum Gasteiger partial charge on any atom is 0.227 e. The van der Waals surface area contributed by atoms with Crippen LogP contribution >= 0.6 is 35.3 Å². The van der Waals surface area contributed by atoms with Crippen molar-refractivity contribution in [2.24, 2.45) is 10.4 Å². The van der Waals surface area contributed by atoms with E-state index in [4.69, 9.17) is 0 Å². The molecule has 0 spiro atoms. The number of hydrogen-bond acceptors (Lipinski definition) is 3. The number of carbonyl (C=O) groups excluding carboxylic acids is 1. The molecule has 1 aromatic rings. The number of nitrogens with zero attached hydrogens (tertiary/aromatic N) is 1. The highest BCUT2D eigenvalue weighted by Gasteiger charge is 2.26. The third-order valence-electron chi connectivity index (χ3n) is 2.77. The second kappa shape index (κ2) is 9.17. The molecule has 1 aromatic heterocycles. The van der Waals surface area contributed by atoms with Gasteiger partial charge in [0.2, 0.25) is 5.91 Å². The Morgan fingerprint density at radius 3 is 2.60 bits per heavy atom. The molecule has 0 radical (unpaired) electrons. The summed E-state index contributed by atoms with van der Waals surface area (Å²) in [7, 11) is 3.37. The number of hydrogen-bond donors (Lipinski definition) is 3. The Morgan fingerprint density at radius 1 is 1.40 bits per heavy atom. The smallest absolute Gasteiger partial charge is 0.227 e. The van der Waals surface area contributed by atoms with Gasteiger partial charge in [0, 0.05) is 25.5 Å². The molecule has 0 atom stereocenters. The van der Waals surface area contributed by atoms with Crippen LogP contribution < -0.4 is 16.0 Å². The van der Waals surface area contributed by atoms with Crippen LogP contribution in [-0.2, 0) is 11.3 Å². The number of thiophene rings is 1. The van der Waals surface area contributed by atoms with E-state index in [1.54, 1.807) is 25.4 Å². The second-order valence-corrected chi connectivity index (χ2v) is 5.85. The molecule has 20 heavy (non-hydrogen) atoms. The molecule has 1 rings (SSSR count). The van der Waals surface area contributed by atoms with Crippen molar-refractivity contribution in [2.45, 2.75) is 20.4 Å². The molecule has 0 bridgehead atoms. The standard InChI is InChI=1S/C13H22N4OS.HI/c1-13(2,11(18)14-3)9-17-12(15-4)16-8-10-6-5-7-19-10;/h5-7H,8-9H2,1-4H3,(H,14,18)(H2,15,16,17);1H. The highest BCUT2D eigenvalue weighted by atomic mass is 127. The van der Waals surface area contributed by atoms with E-state index in [-0.39, 0.29) is 29.9 Å². The Kier molecular flexibility index (Phi) is 8.79. The topological polar surface area (TPSA) is 65.5 Å². The highest BCUT2D eigenvalue weighted by molar-refractivity contribution is 14.0. The predicted octanol–water partition coefficient (Wildman–Crippen LogP) is 1.80. The van der Waals surface area contributed by atoms with Crippen LogP contribution in [0.2, 0.25) is 0 Å². The van der Waals surface area contributed by atoms with Crippen LogP contribution in [0.4, 0.5) is 0 Å². The van der Waals surface area contributed by atoms with E-state index in [9.17, 15) is 4.79 Å². The molecule has 114 valence electrons. The zero-order chi connectivity index (χ0) is 14.3. The monoisotopic (exact) mass is 410 g/mol. The van der Waals surface area contributed by atoms with Crippen LogP contribution in [0, 0.1) is 5.41 Å². The lowest BCUT2D eigenvalue weighted by Gasteiger charge is -2.24. The Morgan fingerprint density at radius 2 is 2.10 bits per heavy atom. The lowest BCUT2D eigenvalue weighted by atomic mass is 9.92. The van der Waals surface area contributed by atoms with Gasteiger partial charge in [-0.3, -0.25) is 9.79 Å². The fourth-order valence-corrected chi connectivity index (χ4v) is 2.17. The molecule has 0 unspecified atom stereocenters. The van der Waals surface area contributed by atoms with Crippen molar-refractivity contribution in [3.05, 3.63) is 22.4 Å². The number of carbonyl (C=O) groups is 1. The van der Waals surface area contributed by atoms with E-state index in [1.165, 1.54) is 4.88 Å². The Balaban J connectivity index is 0.00000361. The van der Waals surface area contributed by atoms with E-state index in [0.29, 0.717) is 12.5 Å². The zero-order valence-corrected chi connectivity index (χ0v) is 15.5. The summed E-state index contributed by atoms with van der Waals surface area (Å²) in [5, 5.41) is 11.1. The molecule has 0 aliphatic heterocycles. The number of halogens is 1. The molecule has 0 aliphatic carbocycles. The van der Waals surface area contributed by atoms with Gasteiger partial charge in [-0.15, -0.1) is 35.3 Å². The average Bonchev–Trinajstić information content (AvgIpc) is 2.91. The summed E-state index contributed by atoms with van der Waals surface area (Å²) < 4.78 is 0. The van der Waals surface area contributed by atoms with Crippen molar-refractivity contribution in [1.82, 2.24) is 16.0 Å². The lowest BCUT2D eigenvalue weighted by Crippen LogP contribution is -2.47. The van der Waals surface area contributed by atoms with Gasteiger partial charge in [0.1, 0.15) is 0 Å². The SMILES string of the molecule is CN=C(NCc1cccs1)NCC(C)(C)C(=O)NC.I. The first kappa shape index (κ1) is 19.2. The van der Waals surface area contributed by atoms with Crippen molar-refractivity contribution in [3.8, 4) is 0 Å². The summed E-state index contributed by atoms with van der Waals surface area (Å²) in [6.45, 7) is 5.05. The molecule has 7 heteroatoms. The fraction of sp³-hybridized carbons (Fsp3) is 0.538. The van der Waals surface area contributed by atoms with Gasteiger partial charge in [-0.05, 0) is 25.3 Å². The number of guanidine groups is 1. The Labute approximate surface area is 141 Å². The molecule has 0 saturated heterocycles. The Hall–Kier alpha value is -0.830. The molecule has 0 aliphatic rings. The van der Waals surface area contributed by atoms with E-state index in [0.717, 1.165) is 6.54 Å². The van der Waals surface area contributed by atoms with Crippen molar-refractivity contribution < 1.29 is 4.79 Å². The molecular formula is C13H23IN4OS. The van der Waals surface area contributed by atoms with Gasteiger partial charge in [-0.1, -0.05) is 6.07 Å². The van der Waals surface area contributed by atoms with Crippen molar-refractivity contribution in [1.29, 1.82) is 0 Å². The van der Waals surface area contributed by atoms with Crippen molar-refractivity contribution in [3.63, 3.8) is 0 Å². The normalized spacial score (nSPS) is 11.5. The first-order valence-electron chi connectivity index (χ1n) is 6.18. The predicted molar refractivity (Wildman–Crippen MR) is 95.8 cm³/mol. The van der Waals surface area contributed by atoms with Crippen LogP contribution in [0.25, 0.3) is 0 Å². The summed E-state index contributed by atoms with van der Waals surface area (Å²) in [5.41, 5.74) is -0.477. The molecule has 0 aromatic carbocycles. The van der Waals surface area contributed by atoms with Crippen LogP contribution in [-0.4, -0.2) is 32.5 Å². The van der Waals surface area contributed by atoms with E-state index in [2.05, 4.69) is 27.0 Å². The van der Waals surface area contributed by atoms with Crippen LogP contribution in [0.15, 0.2) is 22.5 Å². The van der Waals surface area contributed by atoms with E-state index < -0.39 is 5.41 Å². The van der Waals surface area contributed by atoms with Crippen LogP contribution in [0.5, 0.6) is 0 Å². The molecule has 1 heterocycles. The first-order chi connectivity index (χ1) is 8.99. The summed E-state index contributed by atoms with van der Waals surface area (Å²) in [6, 6.07) is 4.09. The van der Waals surface area contributed by atoms with Gasteiger partial charge in [0.05, 0.1) is 12.0 Å². The number of nitrogens with one attached hydrogen (secondary N) is 3. The summed E-state index contributed by atoms with van der Waals surface area (Å²) in [5.74, 6) is 0.707. The summed E-state index contributed by atoms with van der Waals surface area (Å²) in [4.78, 5) is 17.1. The number of amides is 1. The quantitative estimate of drug-likeness (QED) is 0.394. The maximum absolute atomic E-state index is 11.7. The average molecular weight is 410 g/mol. The van der Waals surface area contributed by atoms with Crippen molar-refractivity contribution in [2.75, 3.05) is 20.6 Å². The van der Waals surface area contributed by atoms with E-state index >= 15 is 0 Å². The first-order valence-corrected chi connectivity index (χ1v) is 7.06. The molecule has 0 saturated carbocycles. The fourth-order valence-electron chi connectivity index (χ4n) is 1.53. The summed E-state index contributed by atoms with van der Waals surface area (Å²) in [6.07, 6.45) is 0. The lowest BCUT2D eigenvalue weighted by molar-refractivity contribution is -0.128. The van der Waals surface area contributed by atoms with Gasteiger partial charge < -0.3 is 16.0 Å². The van der Waals surface area contributed by atoms with E-state index in [1.807, 2.05) is 25.3 Å². The maximum atomic E-state index is 11.7. The second-order valence-electron chi connectivity index (χ2n) is 4.82. The van der Waals surface area contributed by atoms with Gasteiger partial charge in [-0.25, -0.2) is 0 Å². The number of rotatable bonds is 5. The molecule has 5 nitrogen and oxygen atoms in total. The van der Waals surface area contributed by atoms with Gasteiger partial charge >= 0.3 is 0 Å². The van der Waals surface area contributed by atoms with Crippen LogP contribution in [0.1, 0.15) is 18.7 Å². The summed E-state index contributed by atoms with van der Waals surface area (Å²) >= 11 is 1.70. The van der Waals surface area contributed by atoms with Crippen LogP contribution in [0.3, 0.4) is 0 Å². The highest BCUT2D eigenvalue weighted by Crippen LogP contribution is 2.13. The minimum absolute atomic E-state index is 0. The minimum atomic E-state index is -0.477. The van der Waals surface area contributed by atoms with Gasteiger partial charge in [-0.2, -0.15) is 0 Å².